The first-order chi connectivity index (χ1) is 20.7. The summed E-state index contributed by atoms with van der Waals surface area (Å²) in [5.41, 5.74) is 0.891. The van der Waals surface area contributed by atoms with Gasteiger partial charge in [0.1, 0.15) is 5.75 Å². The Hall–Kier alpha value is -3.68. The number of halogens is 1. The largest absolute Gasteiger partial charge is 0.482 e. The van der Waals surface area contributed by atoms with Crippen molar-refractivity contribution in [3.8, 4) is 5.75 Å². The van der Waals surface area contributed by atoms with Gasteiger partial charge < -0.3 is 14.5 Å². The second-order valence-corrected chi connectivity index (χ2v) is 13.7. The monoisotopic (exact) mass is 641 g/mol. The molecule has 3 heterocycles. The lowest BCUT2D eigenvalue weighted by atomic mass is 9.68. The van der Waals surface area contributed by atoms with Crippen molar-refractivity contribution in [2.75, 3.05) is 18.1 Å². The van der Waals surface area contributed by atoms with Gasteiger partial charge in [0, 0.05) is 38.8 Å². The molecule has 2 bridgehead atoms. The number of aromatic nitrogens is 1. The fraction of sp³-hybridized carbons (Fsp3) is 0.379. The summed E-state index contributed by atoms with van der Waals surface area (Å²) in [6, 6.07) is 10.6. The standard InChI is InChI=1S/C29H24ClN3O8S2/c1-2-40-19(34)11-41-18-8-3-12(30)9-15(18)20-21-16-10-17(24(21)42-26-25(20)43-29(37)31-26)23-22(16)27(35)32(28(23)36)13-4-6-14(7-5-13)33(38)39/h3-9,16-17,20-24H,2,10-11H2,1H3,(H,31,37)/t16-,17-,20+,21-,22+,23+,24-/m1/s1. The first-order valence-corrected chi connectivity index (χ1v) is 15.8. The predicted molar refractivity (Wildman–Crippen MR) is 158 cm³/mol. The van der Waals surface area contributed by atoms with Gasteiger partial charge in [-0.1, -0.05) is 22.9 Å². The van der Waals surface area contributed by atoms with Crippen LogP contribution in [-0.2, 0) is 19.1 Å². The SMILES string of the molecule is CCOC(=O)COc1ccc(Cl)cc1[C@@H]1c2sc(=O)[nH]c2S[C@@H]2[C@@H]3C[C@@H]([C@@H]4C(=O)N(c5ccc([N+](=O)[O-])cc5)C(=O)[C@@H]34)[C@H]12. The van der Waals surface area contributed by atoms with Gasteiger partial charge in [-0.05, 0) is 61.4 Å². The number of hydrogen-bond donors (Lipinski definition) is 1. The molecule has 7 atom stereocenters. The second-order valence-electron chi connectivity index (χ2n) is 11.0. The lowest BCUT2D eigenvalue weighted by Crippen LogP contribution is -2.42. The molecule has 1 aromatic heterocycles. The zero-order valence-corrected chi connectivity index (χ0v) is 24.9. The van der Waals surface area contributed by atoms with E-state index >= 15 is 0 Å². The van der Waals surface area contributed by atoms with E-state index in [0.29, 0.717) is 28.4 Å². The van der Waals surface area contributed by atoms with E-state index in [9.17, 15) is 29.3 Å². The molecule has 14 heteroatoms. The lowest BCUT2D eigenvalue weighted by Gasteiger charge is -2.43. The average molecular weight is 642 g/mol. The van der Waals surface area contributed by atoms with E-state index < -0.39 is 22.7 Å². The number of fused-ring (bicyclic) bond motifs is 9. The quantitative estimate of drug-likeness (QED) is 0.169. The van der Waals surface area contributed by atoms with Gasteiger partial charge in [0.25, 0.3) is 5.69 Å². The molecule has 1 N–H and O–H groups in total. The molecule has 7 rings (SSSR count). The summed E-state index contributed by atoms with van der Waals surface area (Å²) in [7, 11) is 0. The number of hydrogen-bond acceptors (Lipinski definition) is 10. The van der Waals surface area contributed by atoms with Crippen molar-refractivity contribution < 1.29 is 28.8 Å². The Morgan fingerprint density at radius 1 is 1.12 bits per heavy atom. The summed E-state index contributed by atoms with van der Waals surface area (Å²) in [6.45, 7) is 1.62. The molecule has 0 unspecified atom stereocenters. The number of rotatable bonds is 7. The van der Waals surface area contributed by atoms with Gasteiger partial charge in [-0.25, -0.2) is 4.79 Å². The van der Waals surface area contributed by atoms with Crippen molar-refractivity contribution in [1.29, 1.82) is 0 Å². The number of thiazole rings is 1. The highest BCUT2D eigenvalue weighted by Crippen LogP contribution is 2.69. The van der Waals surface area contributed by atoms with Crippen molar-refractivity contribution in [3.63, 3.8) is 0 Å². The van der Waals surface area contributed by atoms with E-state index in [1.54, 1.807) is 36.9 Å². The molecular formula is C29H24ClN3O8S2. The third-order valence-electron chi connectivity index (χ3n) is 9.00. The maximum absolute atomic E-state index is 13.9. The molecule has 11 nitrogen and oxygen atoms in total. The number of nitrogens with one attached hydrogen (secondary N) is 1. The minimum Gasteiger partial charge on any atom is -0.482 e. The smallest absolute Gasteiger partial charge is 0.344 e. The van der Waals surface area contributed by atoms with Crippen LogP contribution in [0.25, 0.3) is 0 Å². The number of esters is 1. The van der Waals surface area contributed by atoms with Crippen molar-refractivity contribution in [3.05, 3.63) is 77.7 Å². The van der Waals surface area contributed by atoms with E-state index in [1.807, 2.05) is 0 Å². The van der Waals surface area contributed by atoms with E-state index in [-0.39, 0.29) is 64.5 Å². The highest BCUT2D eigenvalue weighted by atomic mass is 35.5. The number of H-pyrrole nitrogens is 1. The molecule has 2 aliphatic carbocycles. The van der Waals surface area contributed by atoms with E-state index in [1.165, 1.54) is 29.2 Å². The summed E-state index contributed by atoms with van der Waals surface area (Å²) in [5.74, 6) is -2.54. The predicted octanol–water partition coefficient (Wildman–Crippen LogP) is 4.62. The number of nitro groups is 1. The fourth-order valence-corrected chi connectivity index (χ4v) is 10.6. The Balaban J connectivity index is 1.28. The van der Waals surface area contributed by atoms with Crippen LogP contribution in [-0.4, -0.2) is 46.2 Å². The summed E-state index contributed by atoms with van der Waals surface area (Å²) in [4.78, 5) is 67.8. The van der Waals surface area contributed by atoms with Crippen LogP contribution in [0.3, 0.4) is 0 Å². The summed E-state index contributed by atoms with van der Waals surface area (Å²) in [5, 5.41) is 12.3. The van der Waals surface area contributed by atoms with E-state index in [2.05, 4.69) is 4.98 Å². The molecular weight excluding hydrogens is 618 g/mol. The van der Waals surface area contributed by atoms with E-state index in [4.69, 9.17) is 21.1 Å². The Morgan fingerprint density at radius 2 is 1.84 bits per heavy atom. The molecule has 0 radical (unpaired) electrons. The molecule has 4 aliphatic rings. The zero-order chi connectivity index (χ0) is 30.2. The molecule has 2 saturated carbocycles. The van der Waals surface area contributed by atoms with Crippen molar-refractivity contribution in [2.45, 2.75) is 29.5 Å². The van der Waals surface area contributed by atoms with Crippen LogP contribution in [0.15, 0.2) is 52.3 Å². The minimum atomic E-state index is -0.558. The fourth-order valence-electron chi connectivity index (χ4n) is 7.58. The first-order valence-electron chi connectivity index (χ1n) is 13.8. The molecule has 2 aliphatic heterocycles. The van der Waals surface area contributed by atoms with Gasteiger partial charge in [-0.2, -0.15) is 0 Å². The van der Waals surface area contributed by atoms with Crippen LogP contribution in [0.1, 0.15) is 29.7 Å². The number of carbonyl (C=O) groups is 3. The van der Waals surface area contributed by atoms with Gasteiger partial charge in [0.15, 0.2) is 6.61 Å². The van der Waals surface area contributed by atoms with Crippen LogP contribution >= 0.6 is 34.7 Å². The number of imide groups is 1. The van der Waals surface area contributed by atoms with Crippen LogP contribution < -0.4 is 14.5 Å². The highest BCUT2D eigenvalue weighted by molar-refractivity contribution is 8.00. The number of non-ortho nitro benzene ring substituents is 1. The van der Waals surface area contributed by atoms with Crippen LogP contribution in [0.4, 0.5) is 11.4 Å². The number of nitrogens with zero attached hydrogens (tertiary/aromatic N) is 2. The molecule has 3 aromatic rings. The third kappa shape index (κ3) is 4.39. The first kappa shape index (κ1) is 28.1. The number of anilines is 1. The number of benzene rings is 2. The molecule has 2 aromatic carbocycles. The van der Waals surface area contributed by atoms with Crippen molar-refractivity contribution in [2.24, 2.45) is 29.6 Å². The van der Waals surface area contributed by atoms with Crippen LogP contribution in [0.2, 0.25) is 5.02 Å². The summed E-state index contributed by atoms with van der Waals surface area (Å²) >= 11 is 9.14. The Kier molecular flexibility index (Phi) is 6.86. The molecule has 222 valence electrons. The third-order valence-corrected chi connectivity index (χ3v) is 11.8. The van der Waals surface area contributed by atoms with Crippen LogP contribution in [0.5, 0.6) is 5.75 Å². The molecule has 1 saturated heterocycles. The van der Waals surface area contributed by atoms with Gasteiger partial charge in [-0.3, -0.25) is 29.4 Å². The number of aromatic amines is 1. The molecule has 0 spiro atoms. The van der Waals surface area contributed by atoms with Crippen molar-refractivity contribution in [1.82, 2.24) is 4.98 Å². The Labute approximate surface area is 257 Å². The maximum atomic E-state index is 13.9. The number of ether oxygens (including phenoxy) is 2. The number of nitro benzene ring substituents is 1. The Morgan fingerprint density at radius 3 is 2.53 bits per heavy atom. The van der Waals surface area contributed by atoms with Gasteiger partial charge >= 0.3 is 10.8 Å². The summed E-state index contributed by atoms with van der Waals surface area (Å²) in [6.07, 6.45) is 0.679. The van der Waals surface area contributed by atoms with Crippen LogP contribution in [0, 0.1) is 39.7 Å². The Bertz CT molecular complexity index is 1740. The molecule has 3 fully saturated rings. The molecule has 43 heavy (non-hydrogen) atoms. The van der Waals surface area contributed by atoms with Crippen molar-refractivity contribution >= 4 is 63.9 Å². The topological polar surface area (TPSA) is 149 Å². The zero-order valence-electron chi connectivity index (χ0n) is 22.6. The number of carbonyl (C=O) groups excluding carboxylic acids is 3. The van der Waals surface area contributed by atoms with Gasteiger partial charge in [-0.15, -0.1) is 11.8 Å². The highest BCUT2D eigenvalue weighted by Gasteiger charge is 2.69. The second kappa shape index (κ2) is 10.5. The maximum Gasteiger partial charge on any atom is 0.344 e. The van der Waals surface area contributed by atoms with Gasteiger partial charge in [0.2, 0.25) is 11.8 Å². The number of amides is 2. The number of thioether (sulfide) groups is 1. The minimum absolute atomic E-state index is 0.0700. The summed E-state index contributed by atoms with van der Waals surface area (Å²) < 4.78 is 11.0. The lowest BCUT2D eigenvalue weighted by molar-refractivity contribution is -0.384. The van der Waals surface area contributed by atoms with E-state index in [0.717, 1.165) is 21.2 Å². The molecule has 2 amide bonds. The average Bonchev–Trinajstić information content (AvgIpc) is 3.71. The normalized spacial score (nSPS) is 28.4. The van der Waals surface area contributed by atoms with Gasteiger partial charge in [0.05, 0.1) is 34.1 Å².